The lowest BCUT2D eigenvalue weighted by Crippen LogP contribution is -2.23. The molecule has 0 radical (unpaired) electrons. The summed E-state index contributed by atoms with van der Waals surface area (Å²) in [5.41, 5.74) is 0.628. The molecule has 3 aromatic rings. The van der Waals surface area contributed by atoms with Crippen LogP contribution in [0.5, 0.6) is 0 Å². The Labute approximate surface area is 177 Å². The fraction of sp³-hybridized carbons (Fsp3) is 0.0556. The number of hydrazone groups is 1. The molecule has 5 nitrogen and oxygen atoms in total. The smallest absolute Gasteiger partial charge is 0.267 e. The molecular weight excluding hydrogens is 452 g/mol. The van der Waals surface area contributed by atoms with Crippen molar-refractivity contribution in [1.29, 1.82) is 0 Å². The molecule has 1 N–H and O–H groups in total. The van der Waals surface area contributed by atoms with Crippen LogP contribution < -0.4 is 5.43 Å². The lowest BCUT2D eigenvalue weighted by atomic mass is 10.2. The van der Waals surface area contributed by atoms with Crippen LogP contribution in [0.15, 0.2) is 53.8 Å². The van der Waals surface area contributed by atoms with Crippen LogP contribution in [0, 0.1) is 0 Å². The first-order valence-corrected chi connectivity index (χ1v) is 9.00. The number of hydrogen-bond donors (Lipinski definition) is 1. The summed E-state index contributed by atoms with van der Waals surface area (Å²) in [6, 6.07) is 10.1. The molecule has 0 bridgehead atoms. The van der Waals surface area contributed by atoms with E-state index in [1.54, 1.807) is 12.1 Å². The van der Waals surface area contributed by atoms with E-state index in [1.165, 1.54) is 36.5 Å². The molecule has 0 fully saturated rings. The van der Waals surface area contributed by atoms with Gasteiger partial charge < -0.3 is 0 Å². The highest BCUT2D eigenvalue weighted by atomic mass is 35.5. The molecule has 0 saturated carbocycles. The zero-order chi connectivity index (χ0) is 21.2. The van der Waals surface area contributed by atoms with Gasteiger partial charge in [-0.25, -0.2) is 10.1 Å². The molecule has 0 spiro atoms. The largest absolute Gasteiger partial charge is 0.434 e. The first kappa shape index (κ1) is 21.2. The zero-order valence-electron chi connectivity index (χ0n) is 14.2. The maximum Gasteiger partial charge on any atom is 0.434 e. The van der Waals surface area contributed by atoms with E-state index in [4.69, 9.17) is 34.8 Å². The molecule has 0 atom stereocenters. The maximum absolute atomic E-state index is 13.6. The van der Waals surface area contributed by atoms with Gasteiger partial charge in [-0.15, -0.1) is 0 Å². The number of carbonyl (C=O) groups excluding carboxylic acids is 1. The monoisotopic (exact) mass is 460 g/mol. The molecule has 1 amide bonds. The molecular formula is C18H10Cl3F3N4O. The molecule has 0 saturated heterocycles. The number of hydrogen-bond acceptors (Lipinski definition) is 3. The van der Waals surface area contributed by atoms with E-state index < -0.39 is 23.3 Å². The van der Waals surface area contributed by atoms with Crippen molar-refractivity contribution in [2.75, 3.05) is 0 Å². The molecule has 1 heterocycles. The second kappa shape index (κ2) is 8.44. The molecule has 150 valence electrons. The van der Waals surface area contributed by atoms with Crippen molar-refractivity contribution >= 4 is 46.9 Å². The van der Waals surface area contributed by atoms with Gasteiger partial charge in [-0.05, 0) is 36.4 Å². The zero-order valence-corrected chi connectivity index (χ0v) is 16.5. The van der Waals surface area contributed by atoms with Crippen LogP contribution in [0.25, 0.3) is 5.69 Å². The van der Waals surface area contributed by atoms with E-state index in [1.807, 2.05) is 5.43 Å². The van der Waals surface area contributed by atoms with Crippen LogP contribution in [0.3, 0.4) is 0 Å². The third-order valence-corrected chi connectivity index (χ3v) is 4.50. The number of alkyl halides is 3. The minimum Gasteiger partial charge on any atom is -0.267 e. The predicted octanol–water partition coefficient (Wildman–Crippen LogP) is 5.62. The van der Waals surface area contributed by atoms with Crippen LogP contribution >= 0.6 is 34.8 Å². The van der Waals surface area contributed by atoms with Crippen molar-refractivity contribution in [3.63, 3.8) is 0 Å². The lowest BCUT2D eigenvalue weighted by molar-refractivity contribution is -0.143. The van der Waals surface area contributed by atoms with Gasteiger partial charge in [-0.3, -0.25) is 4.79 Å². The summed E-state index contributed by atoms with van der Waals surface area (Å²) in [4.78, 5) is 12.3. The van der Waals surface area contributed by atoms with E-state index in [-0.39, 0.29) is 10.7 Å². The molecule has 0 aliphatic heterocycles. The topological polar surface area (TPSA) is 59.3 Å². The van der Waals surface area contributed by atoms with Gasteiger partial charge in [0.05, 0.1) is 28.7 Å². The lowest BCUT2D eigenvalue weighted by Gasteiger charge is -2.12. The number of nitrogens with one attached hydrogen (secondary N) is 1. The van der Waals surface area contributed by atoms with E-state index in [0.29, 0.717) is 20.3 Å². The normalized spacial score (nSPS) is 11.8. The third kappa shape index (κ3) is 4.90. The summed E-state index contributed by atoms with van der Waals surface area (Å²) >= 11 is 17.5. The first-order valence-electron chi connectivity index (χ1n) is 7.86. The molecule has 2 aromatic carbocycles. The summed E-state index contributed by atoms with van der Waals surface area (Å²) in [5.74, 6) is -1.08. The Balaban J connectivity index is 1.88. The fourth-order valence-corrected chi connectivity index (χ4v) is 2.98. The van der Waals surface area contributed by atoms with Crippen LogP contribution in [0.1, 0.15) is 21.6 Å². The molecule has 29 heavy (non-hydrogen) atoms. The van der Waals surface area contributed by atoms with Crippen LogP contribution in [0.2, 0.25) is 15.1 Å². The van der Waals surface area contributed by atoms with Crippen molar-refractivity contribution < 1.29 is 18.0 Å². The highest BCUT2D eigenvalue weighted by molar-refractivity contribution is 6.36. The van der Waals surface area contributed by atoms with Gasteiger partial charge >= 0.3 is 6.18 Å². The summed E-state index contributed by atoms with van der Waals surface area (Å²) in [5, 5.41) is 8.37. The van der Waals surface area contributed by atoms with E-state index in [2.05, 4.69) is 10.2 Å². The van der Waals surface area contributed by atoms with Crippen molar-refractivity contribution in [2.45, 2.75) is 6.18 Å². The van der Waals surface area contributed by atoms with E-state index in [9.17, 15) is 18.0 Å². The van der Waals surface area contributed by atoms with Gasteiger partial charge in [0.25, 0.3) is 5.91 Å². The fourth-order valence-electron chi connectivity index (χ4n) is 2.39. The highest BCUT2D eigenvalue weighted by Gasteiger charge is 2.40. The molecule has 0 aliphatic rings. The van der Waals surface area contributed by atoms with Gasteiger partial charge in [0.1, 0.15) is 0 Å². The minimum absolute atomic E-state index is 0.0947. The Morgan fingerprint density at radius 2 is 1.72 bits per heavy atom. The van der Waals surface area contributed by atoms with Gasteiger partial charge in [-0.1, -0.05) is 40.9 Å². The third-order valence-electron chi connectivity index (χ3n) is 3.69. The SMILES string of the molecule is O=C(NN=Cc1ccc(Cl)cc1Cl)c1cnn(-c2ccc(Cl)cc2)c1C(F)(F)F. The summed E-state index contributed by atoms with van der Waals surface area (Å²) < 4.78 is 41.4. The number of carbonyl (C=O) groups is 1. The van der Waals surface area contributed by atoms with Gasteiger partial charge in [-0.2, -0.15) is 23.4 Å². The van der Waals surface area contributed by atoms with Crippen molar-refractivity contribution in [3.8, 4) is 5.69 Å². The standard InChI is InChI=1S/C18H10Cl3F3N4O/c19-11-3-5-13(6-4-11)28-16(18(22,23)24)14(9-26-28)17(29)27-25-8-10-1-2-12(20)7-15(10)21/h1-9H,(H,27,29). The highest BCUT2D eigenvalue weighted by Crippen LogP contribution is 2.33. The predicted molar refractivity (Wildman–Crippen MR) is 105 cm³/mol. The van der Waals surface area contributed by atoms with Crippen molar-refractivity contribution in [2.24, 2.45) is 5.10 Å². The van der Waals surface area contributed by atoms with Gasteiger partial charge in [0, 0.05) is 15.6 Å². The number of halogens is 6. The number of nitrogens with zero attached hydrogens (tertiary/aromatic N) is 3. The number of amides is 1. The van der Waals surface area contributed by atoms with E-state index >= 15 is 0 Å². The number of aromatic nitrogens is 2. The Morgan fingerprint density at radius 3 is 2.34 bits per heavy atom. The van der Waals surface area contributed by atoms with Crippen molar-refractivity contribution in [3.05, 3.63) is 80.6 Å². The number of rotatable bonds is 4. The first-order chi connectivity index (χ1) is 13.7. The Kier molecular flexibility index (Phi) is 6.16. The van der Waals surface area contributed by atoms with Crippen LogP contribution in [0.4, 0.5) is 13.2 Å². The second-order valence-electron chi connectivity index (χ2n) is 5.66. The molecule has 11 heteroatoms. The Morgan fingerprint density at radius 1 is 1.07 bits per heavy atom. The van der Waals surface area contributed by atoms with Crippen molar-refractivity contribution in [1.82, 2.24) is 15.2 Å². The summed E-state index contributed by atoms with van der Waals surface area (Å²) in [6.07, 6.45) is -2.84. The summed E-state index contributed by atoms with van der Waals surface area (Å²) in [6.45, 7) is 0. The van der Waals surface area contributed by atoms with Gasteiger partial charge in [0.2, 0.25) is 0 Å². The Bertz CT molecular complexity index is 1080. The van der Waals surface area contributed by atoms with Crippen LogP contribution in [-0.4, -0.2) is 21.9 Å². The molecule has 0 unspecified atom stereocenters. The number of benzene rings is 2. The molecule has 3 rings (SSSR count). The average molecular weight is 462 g/mol. The minimum atomic E-state index is -4.84. The summed E-state index contributed by atoms with van der Waals surface area (Å²) in [7, 11) is 0. The second-order valence-corrected chi connectivity index (χ2v) is 6.94. The van der Waals surface area contributed by atoms with Gasteiger partial charge in [0.15, 0.2) is 5.69 Å². The quantitative estimate of drug-likeness (QED) is 0.405. The van der Waals surface area contributed by atoms with Crippen LogP contribution in [-0.2, 0) is 6.18 Å². The Hall–Kier alpha value is -2.55. The average Bonchev–Trinajstić information content (AvgIpc) is 3.10. The van der Waals surface area contributed by atoms with E-state index in [0.717, 1.165) is 6.20 Å². The molecule has 1 aromatic heterocycles. The maximum atomic E-state index is 13.6. The molecule has 0 aliphatic carbocycles.